The van der Waals surface area contributed by atoms with Gasteiger partial charge in [-0.05, 0) is 18.2 Å². The first-order chi connectivity index (χ1) is 15.6. The van der Waals surface area contributed by atoms with E-state index >= 15 is 0 Å². The maximum atomic E-state index is 12.4. The lowest BCUT2D eigenvalue weighted by Crippen LogP contribution is -2.16. The highest BCUT2D eigenvalue weighted by Gasteiger charge is 2.16. The van der Waals surface area contributed by atoms with E-state index in [0.717, 1.165) is 11.3 Å². The zero-order chi connectivity index (χ0) is 22.5. The van der Waals surface area contributed by atoms with Crippen molar-refractivity contribution in [3.05, 3.63) is 54.6 Å². The van der Waals surface area contributed by atoms with Crippen molar-refractivity contribution < 1.29 is 14.3 Å². The summed E-state index contributed by atoms with van der Waals surface area (Å²) in [5.41, 5.74) is 2.96. The van der Waals surface area contributed by atoms with Crippen LogP contribution in [0.25, 0.3) is 22.8 Å². The predicted octanol–water partition coefficient (Wildman–Crippen LogP) is 2.80. The van der Waals surface area contributed by atoms with Crippen molar-refractivity contribution in [2.24, 2.45) is 0 Å². The van der Waals surface area contributed by atoms with Crippen LogP contribution >= 0.6 is 11.8 Å². The summed E-state index contributed by atoms with van der Waals surface area (Å²) in [5, 5.41) is 18.7. The molecule has 0 aliphatic rings. The van der Waals surface area contributed by atoms with Crippen LogP contribution in [0.3, 0.4) is 0 Å². The monoisotopic (exact) mass is 451 g/mol. The van der Waals surface area contributed by atoms with Crippen molar-refractivity contribution in [2.75, 3.05) is 31.1 Å². The second-order valence-electron chi connectivity index (χ2n) is 6.62. The van der Waals surface area contributed by atoms with E-state index in [2.05, 4.69) is 25.7 Å². The van der Waals surface area contributed by atoms with Crippen LogP contribution < -0.4 is 20.6 Å². The van der Waals surface area contributed by atoms with Gasteiger partial charge in [0.05, 0.1) is 25.7 Å². The lowest BCUT2D eigenvalue weighted by molar-refractivity contribution is -0.113. The molecule has 0 bridgehead atoms. The van der Waals surface area contributed by atoms with Crippen molar-refractivity contribution in [2.45, 2.75) is 5.16 Å². The molecule has 0 spiro atoms. The van der Waals surface area contributed by atoms with Gasteiger partial charge in [0.15, 0.2) is 11.5 Å². The number of carbonyl (C=O) groups excluding carboxylic acids is 1. The van der Waals surface area contributed by atoms with Crippen molar-refractivity contribution in [3.8, 4) is 34.3 Å². The number of nitrogens with one attached hydrogen (secondary N) is 2. The molecule has 0 fully saturated rings. The summed E-state index contributed by atoms with van der Waals surface area (Å²) in [5.74, 6) is 7.56. The van der Waals surface area contributed by atoms with E-state index in [4.69, 9.17) is 15.3 Å². The van der Waals surface area contributed by atoms with Crippen LogP contribution in [-0.2, 0) is 4.79 Å². The van der Waals surface area contributed by atoms with Gasteiger partial charge >= 0.3 is 0 Å². The van der Waals surface area contributed by atoms with Crippen molar-refractivity contribution in [1.82, 2.24) is 25.1 Å². The number of methoxy groups -OCH3 is 2. The van der Waals surface area contributed by atoms with Gasteiger partial charge in [0.2, 0.25) is 16.9 Å². The van der Waals surface area contributed by atoms with Crippen LogP contribution in [0, 0.1) is 0 Å². The number of carbonyl (C=O) groups is 1. The molecule has 0 unspecified atom stereocenters. The van der Waals surface area contributed by atoms with Gasteiger partial charge in [-0.25, -0.2) is 4.68 Å². The van der Waals surface area contributed by atoms with Gasteiger partial charge in [0.25, 0.3) is 0 Å². The van der Waals surface area contributed by atoms with E-state index < -0.39 is 0 Å². The van der Waals surface area contributed by atoms with Crippen LogP contribution in [0.15, 0.2) is 59.8 Å². The Balaban J connectivity index is 1.40. The van der Waals surface area contributed by atoms with E-state index in [1.54, 1.807) is 25.3 Å². The Labute approximate surface area is 188 Å². The fraction of sp³-hybridized carbons (Fsp3) is 0.143. The number of amides is 1. The van der Waals surface area contributed by atoms with Gasteiger partial charge in [0.1, 0.15) is 5.69 Å². The Kier molecular flexibility index (Phi) is 6.26. The minimum Gasteiger partial charge on any atom is -0.493 e. The van der Waals surface area contributed by atoms with Gasteiger partial charge in [-0.15, -0.1) is 10.2 Å². The maximum Gasteiger partial charge on any atom is 0.234 e. The summed E-state index contributed by atoms with van der Waals surface area (Å²) in [6.07, 6.45) is 0. The number of nitrogens with zero attached hydrogens (tertiary/aromatic N) is 4. The zero-order valence-electron chi connectivity index (χ0n) is 17.4. The number of hydrogen-bond acceptors (Lipinski definition) is 8. The van der Waals surface area contributed by atoms with Crippen molar-refractivity contribution in [3.63, 3.8) is 0 Å². The molecule has 10 nitrogen and oxygen atoms in total. The number of aromatic nitrogens is 5. The number of thioether (sulfide) groups is 1. The van der Waals surface area contributed by atoms with Crippen LogP contribution in [0.5, 0.6) is 11.5 Å². The molecule has 32 heavy (non-hydrogen) atoms. The third-order valence-corrected chi connectivity index (χ3v) is 5.50. The summed E-state index contributed by atoms with van der Waals surface area (Å²) in [4.78, 5) is 12.4. The Bertz CT molecular complexity index is 1220. The molecular weight excluding hydrogens is 430 g/mol. The highest BCUT2D eigenvalue weighted by atomic mass is 32.2. The molecule has 0 atom stereocenters. The van der Waals surface area contributed by atoms with Crippen LogP contribution in [0.2, 0.25) is 0 Å². The van der Waals surface area contributed by atoms with E-state index in [1.165, 1.54) is 23.5 Å². The largest absolute Gasteiger partial charge is 0.493 e. The standard InChI is InChI=1S/C21H21N7O3S/c1-30-17-9-8-14(10-18(17)31-2)23-19(29)12-32-21-27-26-20(28(21)22)16-11-15(24-25-16)13-6-4-3-5-7-13/h3-11H,12,22H2,1-2H3,(H,23,29)(H,24,25). The smallest absolute Gasteiger partial charge is 0.234 e. The number of nitrogen functional groups attached to an aromatic ring is 1. The van der Waals surface area contributed by atoms with Crippen LogP contribution in [-0.4, -0.2) is 51.0 Å². The third-order valence-electron chi connectivity index (χ3n) is 4.55. The Morgan fingerprint density at radius 3 is 2.62 bits per heavy atom. The Morgan fingerprint density at radius 2 is 1.88 bits per heavy atom. The van der Waals surface area contributed by atoms with Crippen LogP contribution in [0.4, 0.5) is 5.69 Å². The summed E-state index contributed by atoms with van der Waals surface area (Å²) < 4.78 is 11.8. The number of ether oxygens (including phenoxy) is 2. The fourth-order valence-corrected chi connectivity index (χ4v) is 3.65. The molecule has 1 amide bonds. The van der Waals surface area contributed by atoms with E-state index in [1.807, 2.05) is 36.4 Å². The molecule has 164 valence electrons. The second-order valence-corrected chi connectivity index (χ2v) is 7.56. The number of benzene rings is 2. The summed E-state index contributed by atoms with van der Waals surface area (Å²) >= 11 is 1.17. The first-order valence-electron chi connectivity index (χ1n) is 9.55. The molecule has 0 radical (unpaired) electrons. The Hall–Kier alpha value is -3.99. The molecule has 2 aromatic carbocycles. The highest BCUT2D eigenvalue weighted by Crippen LogP contribution is 2.30. The maximum absolute atomic E-state index is 12.4. The molecule has 11 heteroatoms. The first-order valence-corrected chi connectivity index (χ1v) is 10.5. The lowest BCUT2D eigenvalue weighted by atomic mass is 10.1. The molecule has 4 N–H and O–H groups in total. The normalized spacial score (nSPS) is 10.7. The topological polar surface area (TPSA) is 133 Å². The number of aromatic amines is 1. The first kappa shape index (κ1) is 21.2. The average Bonchev–Trinajstić information content (AvgIpc) is 3.45. The van der Waals surface area contributed by atoms with Gasteiger partial charge in [0, 0.05) is 17.3 Å². The molecule has 4 aromatic rings. The quantitative estimate of drug-likeness (QED) is 0.275. The van der Waals surface area contributed by atoms with E-state index in [0.29, 0.717) is 33.9 Å². The minimum atomic E-state index is -0.223. The summed E-state index contributed by atoms with van der Waals surface area (Å²) in [6.45, 7) is 0. The molecule has 0 aliphatic carbocycles. The molecule has 0 saturated heterocycles. The summed E-state index contributed by atoms with van der Waals surface area (Å²) in [7, 11) is 3.09. The molecular formula is C21H21N7O3S. The fourth-order valence-electron chi connectivity index (χ4n) is 2.99. The molecule has 4 rings (SSSR count). The molecule has 2 heterocycles. The number of nitrogens with two attached hydrogens (primary N) is 1. The van der Waals surface area contributed by atoms with Gasteiger partial charge in [-0.1, -0.05) is 42.1 Å². The average molecular weight is 452 g/mol. The molecule has 2 aromatic heterocycles. The van der Waals surface area contributed by atoms with Crippen molar-refractivity contribution >= 4 is 23.4 Å². The number of rotatable bonds is 8. The Morgan fingerprint density at radius 1 is 1.09 bits per heavy atom. The van der Waals surface area contributed by atoms with Crippen molar-refractivity contribution in [1.29, 1.82) is 0 Å². The van der Waals surface area contributed by atoms with Crippen LogP contribution in [0.1, 0.15) is 0 Å². The van der Waals surface area contributed by atoms with E-state index in [9.17, 15) is 4.79 Å². The molecule has 0 aliphatic heterocycles. The van der Waals surface area contributed by atoms with Gasteiger partial charge in [-0.2, -0.15) is 5.10 Å². The summed E-state index contributed by atoms with van der Waals surface area (Å²) in [6, 6.07) is 16.7. The van der Waals surface area contributed by atoms with Gasteiger partial charge in [-0.3, -0.25) is 9.89 Å². The molecule has 0 saturated carbocycles. The predicted molar refractivity (Wildman–Crippen MR) is 122 cm³/mol. The zero-order valence-corrected chi connectivity index (χ0v) is 18.2. The van der Waals surface area contributed by atoms with E-state index in [-0.39, 0.29) is 11.7 Å². The number of H-pyrrole nitrogens is 1. The second kappa shape index (κ2) is 9.43. The number of hydrogen-bond donors (Lipinski definition) is 3. The minimum absolute atomic E-state index is 0.0991. The highest BCUT2D eigenvalue weighted by molar-refractivity contribution is 7.99. The SMILES string of the molecule is COc1ccc(NC(=O)CSc2nnc(-c3cc(-c4ccccc4)n[nH]3)n2N)cc1OC. The third kappa shape index (κ3) is 4.52. The lowest BCUT2D eigenvalue weighted by Gasteiger charge is -2.10. The van der Waals surface area contributed by atoms with Gasteiger partial charge < -0.3 is 20.6 Å². The number of anilines is 1.